The maximum Gasteiger partial charge on any atom is 0.278 e. The second-order valence-electron chi connectivity index (χ2n) is 12.5. The summed E-state index contributed by atoms with van der Waals surface area (Å²) in [5, 5.41) is 19.8. The molecule has 7 rings (SSSR count). The van der Waals surface area contributed by atoms with Crippen LogP contribution in [0.2, 0.25) is 0 Å². The number of aliphatic hydroxyl groups is 1. The summed E-state index contributed by atoms with van der Waals surface area (Å²) in [4.78, 5) is 41.3. The molecule has 0 aliphatic carbocycles. The molecule has 1 saturated heterocycles. The normalized spacial score (nSPS) is 14.1. The molecule has 0 unspecified atom stereocenters. The monoisotopic (exact) mass is 644 g/mol. The molecule has 1 amide bonds. The first-order valence-electron chi connectivity index (χ1n) is 15.8. The Kier molecular flexibility index (Phi) is 7.76. The molecule has 13 heteroatoms. The molecular formula is C35H36N10O3. The van der Waals surface area contributed by atoms with Gasteiger partial charge in [0, 0.05) is 42.2 Å². The maximum atomic E-state index is 13.3. The van der Waals surface area contributed by atoms with Crippen LogP contribution in [0.25, 0.3) is 27.8 Å². The van der Waals surface area contributed by atoms with Crippen molar-refractivity contribution in [3.8, 4) is 5.82 Å². The van der Waals surface area contributed by atoms with Crippen molar-refractivity contribution in [3.63, 3.8) is 0 Å². The van der Waals surface area contributed by atoms with Crippen molar-refractivity contribution in [1.29, 1.82) is 0 Å². The van der Waals surface area contributed by atoms with Crippen molar-refractivity contribution in [1.82, 2.24) is 34.1 Å². The Morgan fingerprint density at radius 3 is 2.54 bits per heavy atom. The van der Waals surface area contributed by atoms with Crippen LogP contribution >= 0.6 is 0 Å². The molecule has 0 bridgehead atoms. The minimum absolute atomic E-state index is 0.230. The highest BCUT2D eigenvalue weighted by Crippen LogP contribution is 2.29. The van der Waals surface area contributed by atoms with Gasteiger partial charge in [0.2, 0.25) is 5.95 Å². The molecule has 6 aromatic rings. The average molecular weight is 645 g/mol. The number of hydrogen-bond acceptors (Lipinski definition) is 9. The minimum atomic E-state index is -1.17. The van der Waals surface area contributed by atoms with Crippen LogP contribution in [-0.4, -0.2) is 58.2 Å². The quantitative estimate of drug-likeness (QED) is 0.193. The van der Waals surface area contributed by atoms with Gasteiger partial charge in [-0.1, -0.05) is 24.3 Å². The number of allylic oxidation sites excluding steroid dienone is 1. The average Bonchev–Trinajstić information content (AvgIpc) is 3.64. The van der Waals surface area contributed by atoms with E-state index < -0.39 is 11.5 Å². The second kappa shape index (κ2) is 12.1. The number of hydrogen-bond donors (Lipinski definition) is 3. The van der Waals surface area contributed by atoms with Crippen molar-refractivity contribution in [3.05, 3.63) is 107 Å². The summed E-state index contributed by atoms with van der Waals surface area (Å²) in [5.41, 5.74) is 7.95. The van der Waals surface area contributed by atoms with Crippen LogP contribution in [0, 0.1) is 0 Å². The molecule has 2 aromatic carbocycles. The number of nitrogens with two attached hydrogens (primary N) is 1. The Morgan fingerprint density at radius 1 is 1.08 bits per heavy atom. The zero-order chi connectivity index (χ0) is 33.6. The molecular weight excluding hydrogens is 608 g/mol. The lowest BCUT2D eigenvalue weighted by atomic mass is 10.0. The fourth-order valence-electron chi connectivity index (χ4n) is 6.21. The number of aromatic nitrogens is 7. The highest BCUT2D eigenvalue weighted by atomic mass is 16.3. The number of primary amides is 1. The molecule has 4 N–H and O–H groups in total. The highest BCUT2D eigenvalue weighted by molar-refractivity contribution is 6.04. The topological polar surface area (TPSA) is 162 Å². The van der Waals surface area contributed by atoms with Crippen LogP contribution in [0.15, 0.2) is 90.5 Å². The molecule has 1 fully saturated rings. The molecule has 1 aliphatic rings. The Morgan fingerprint density at radius 2 is 1.83 bits per heavy atom. The molecule has 0 spiro atoms. The zero-order valence-electron chi connectivity index (χ0n) is 26.7. The number of pyridine rings is 1. The number of fused-ring (bicyclic) bond motifs is 2. The highest BCUT2D eigenvalue weighted by Gasteiger charge is 2.24. The Bertz CT molecular complexity index is 2220. The van der Waals surface area contributed by atoms with Crippen molar-refractivity contribution >= 4 is 45.2 Å². The van der Waals surface area contributed by atoms with E-state index in [1.807, 2.05) is 35.1 Å². The standard InChI is InChI=1S/C35H36N10O3/c1-4-17-44-33(47)27-20-37-34(40-32(27)45(44)29-10-6-9-28(39-29)35(2,3)48)38-23-11-13-24(14-12-23)42-18-15-25(16-19-42)43-21-22-7-5-8-26(31(36)46)30(22)41-43/h4-14,20-21,25,48H,1,15-19H2,2-3H3,(H2,36,46)(H,37,38,40). The zero-order valence-corrected chi connectivity index (χ0v) is 26.7. The van der Waals surface area contributed by atoms with Crippen LogP contribution in [0.1, 0.15) is 48.8 Å². The van der Waals surface area contributed by atoms with E-state index in [1.165, 1.54) is 10.9 Å². The van der Waals surface area contributed by atoms with E-state index in [9.17, 15) is 14.7 Å². The van der Waals surface area contributed by atoms with Crippen LogP contribution in [0.3, 0.4) is 0 Å². The Labute approximate surface area is 276 Å². The molecule has 5 heterocycles. The van der Waals surface area contributed by atoms with E-state index in [0.717, 1.165) is 42.7 Å². The van der Waals surface area contributed by atoms with E-state index in [0.29, 0.717) is 39.6 Å². The SMILES string of the molecule is C=CCn1c(=O)c2cnc(Nc3ccc(N4CCC(n5cc6cccc(C(N)=O)c6n5)CC4)cc3)nc2n1-c1cccc(C(C)(C)O)n1. The number of carbonyl (C=O) groups excluding carboxylic acids is 1. The van der Waals surface area contributed by atoms with Crippen molar-refractivity contribution in [2.45, 2.75) is 44.9 Å². The number of anilines is 3. The Hall–Kier alpha value is -5.82. The van der Waals surface area contributed by atoms with E-state index in [1.54, 1.807) is 48.9 Å². The molecule has 48 heavy (non-hydrogen) atoms. The van der Waals surface area contributed by atoms with Crippen LogP contribution in [-0.2, 0) is 12.1 Å². The van der Waals surface area contributed by atoms with Gasteiger partial charge in [-0.15, -0.1) is 6.58 Å². The predicted molar refractivity (Wildman–Crippen MR) is 185 cm³/mol. The third-order valence-corrected chi connectivity index (χ3v) is 8.70. The van der Waals surface area contributed by atoms with E-state index >= 15 is 0 Å². The van der Waals surface area contributed by atoms with Crippen molar-refractivity contribution in [2.75, 3.05) is 23.3 Å². The molecule has 4 aromatic heterocycles. The van der Waals surface area contributed by atoms with Gasteiger partial charge in [-0.05, 0) is 69.2 Å². The largest absolute Gasteiger partial charge is 0.384 e. The van der Waals surface area contributed by atoms with Gasteiger partial charge in [-0.2, -0.15) is 10.1 Å². The maximum absolute atomic E-state index is 13.3. The third-order valence-electron chi connectivity index (χ3n) is 8.70. The number of benzene rings is 2. The lowest BCUT2D eigenvalue weighted by molar-refractivity contribution is 0.0737. The fourth-order valence-corrected chi connectivity index (χ4v) is 6.21. The summed E-state index contributed by atoms with van der Waals surface area (Å²) < 4.78 is 5.11. The lowest BCUT2D eigenvalue weighted by Crippen LogP contribution is -2.34. The molecule has 0 radical (unpaired) electrons. The first-order valence-corrected chi connectivity index (χ1v) is 15.8. The van der Waals surface area contributed by atoms with Gasteiger partial charge in [-0.3, -0.25) is 14.3 Å². The summed E-state index contributed by atoms with van der Waals surface area (Å²) >= 11 is 0. The molecule has 13 nitrogen and oxygen atoms in total. The smallest absolute Gasteiger partial charge is 0.278 e. The summed E-state index contributed by atoms with van der Waals surface area (Å²) in [6.07, 6.45) is 6.97. The summed E-state index contributed by atoms with van der Waals surface area (Å²) in [6, 6.07) is 19.1. The number of nitrogens with zero attached hydrogens (tertiary/aromatic N) is 8. The first-order chi connectivity index (χ1) is 23.1. The number of piperidine rings is 1. The van der Waals surface area contributed by atoms with E-state index in [4.69, 9.17) is 15.8 Å². The lowest BCUT2D eigenvalue weighted by Gasteiger charge is -2.33. The van der Waals surface area contributed by atoms with Gasteiger partial charge in [0.1, 0.15) is 16.5 Å². The van der Waals surface area contributed by atoms with Gasteiger partial charge < -0.3 is 21.1 Å². The summed E-state index contributed by atoms with van der Waals surface area (Å²) in [6.45, 7) is 9.08. The van der Waals surface area contributed by atoms with Crippen LogP contribution < -0.4 is 21.5 Å². The van der Waals surface area contributed by atoms with Gasteiger partial charge >= 0.3 is 0 Å². The van der Waals surface area contributed by atoms with Crippen molar-refractivity contribution < 1.29 is 9.90 Å². The molecule has 0 atom stereocenters. The number of rotatable bonds is 9. The van der Waals surface area contributed by atoms with Crippen LogP contribution in [0.5, 0.6) is 0 Å². The fraction of sp³-hybridized carbons (Fsp3) is 0.257. The predicted octanol–water partition coefficient (Wildman–Crippen LogP) is 4.42. The summed E-state index contributed by atoms with van der Waals surface area (Å²) in [5.74, 6) is 0.294. The number of nitrogens with one attached hydrogen (secondary N) is 1. The summed E-state index contributed by atoms with van der Waals surface area (Å²) in [7, 11) is 0. The van der Waals surface area contributed by atoms with E-state index in [-0.39, 0.29) is 18.1 Å². The van der Waals surface area contributed by atoms with Crippen molar-refractivity contribution in [2.24, 2.45) is 5.73 Å². The third kappa shape index (κ3) is 5.68. The van der Waals surface area contributed by atoms with Crippen LogP contribution in [0.4, 0.5) is 17.3 Å². The second-order valence-corrected chi connectivity index (χ2v) is 12.5. The number of amides is 1. The van der Waals surface area contributed by atoms with Gasteiger partial charge in [0.25, 0.3) is 11.5 Å². The Balaban J connectivity index is 1.08. The van der Waals surface area contributed by atoms with Gasteiger partial charge in [-0.25, -0.2) is 19.3 Å². The minimum Gasteiger partial charge on any atom is -0.384 e. The number of carbonyl (C=O) groups is 1. The first kappa shape index (κ1) is 30.8. The van der Waals surface area contributed by atoms with Gasteiger partial charge in [0.05, 0.1) is 23.8 Å². The molecule has 1 aliphatic heterocycles. The molecule has 244 valence electrons. The molecule has 0 saturated carbocycles. The van der Waals surface area contributed by atoms with Gasteiger partial charge in [0.15, 0.2) is 11.5 Å². The van der Waals surface area contributed by atoms with E-state index in [2.05, 4.69) is 38.9 Å².